The first kappa shape index (κ1) is 37.6. The molecular weight excluding hydrogens is 754 g/mol. The lowest BCUT2D eigenvalue weighted by molar-refractivity contribution is 0.487. The third kappa shape index (κ3) is 5.61. The van der Waals surface area contributed by atoms with Gasteiger partial charge in [0.05, 0.1) is 0 Å². The zero-order valence-corrected chi connectivity index (χ0v) is 36.9. The minimum atomic E-state index is -2.59. The summed E-state index contributed by atoms with van der Waals surface area (Å²) in [5, 5.41) is 5.85. The Balaban J connectivity index is 1.02. The predicted octanol–water partition coefficient (Wildman–Crippen LogP) is 10.5. The van der Waals surface area contributed by atoms with Gasteiger partial charge in [-0.25, -0.2) is 0 Å². The maximum atomic E-state index is 6.84. The van der Waals surface area contributed by atoms with Crippen LogP contribution in [0, 0.1) is 0 Å². The topological polar surface area (TPSA) is 12.5 Å². The lowest BCUT2D eigenvalue weighted by Crippen LogP contribution is -2.75. The molecule has 0 radical (unpaired) electrons. The van der Waals surface area contributed by atoms with Crippen molar-refractivity contribution in [1.29, 1.82) is 0 Å². The SMILES string of the molecule is CC(C)c1cc(C(C)C)c(B2c3ccccc3Oc3cc(-c4ccc(N5c6ccccc6[Si]6(c7ccccc7-c7ccccc76)c6ccccc65)cc4)ccc32)c(C(C)C)c1. The third-order valence-corrected chi connectivity index (χ3v) is 18.7. The van der Waals surface area contributed by atoms with Gasteiger partial charge in [0.2, 0.25) is 0 Å². The summed E-state index contributed by atoms with van der Waals surface area (Å²) in [7, 11) is -2.59. The Kier molecular flexibility index (Phi) is 8.88. The van der Waals surface area contributed by atoms with Crippen LogP contribution in [0.15, 0.2) is 176 Å². The van der Waals surface area contributed by atoms with Gasteiger partial charge in [0, 0.05) is 17.1 Å². The maximum Gasteiger partial charge on any atom is 0.251 e. The van der Waals surface area contributed by atoms with Gasteiger partial charge >= 0.3 is 0 Å². The summed E-state index contributed by atoms with van der Waals surface area (Å²) in [4.78, 5) is 2.50. The summed E-state index contributed by atoms with van der Waals surface area (Å²) in [6.07, 6.45) is 0. The van der Waals surface area contributed by atoms with Crippen molar-refractivity contribution in [3.63, 3.8) is 0 Å². The molecule has 3 aliphatic rings. The first-order chi connectivity index (χ1) is 29.8. The smallest absolute Gasteiger partial charge is 0.251 e. The van der Waals surface area contributed by atoms with Crippen molar-refractivity contribution in [3.8, 4) is 33.8 Å². The Hall–Kier alpha value is -6.36. The highest BCUT2D eigenvalue weighted by atomic mass is 28.3. The minimum absolute atomic E-state index is 0.0808. The quantitative estimate of drug-likeness (QED) is 0.155. The highest BCUT2D eigenvalue weighted by molar-refractivity contribution is 7.23. The number of benzene rings is 8. The Labute approximate surface area is 362 Å². The van der Waals surface area contributed by atoms with Crippen LogP contribution < -0.4 is 46.8 Å². The van der Waals surface area contributed by atoms with E-state index in [0.29, 0.717) is 17.8 Å². The van der Waals surface area contributed by atoms with E-state index in [2.05, 4.69) is 222 Å². The number of hydrogen-bond donors (Lipinski definition) is 0. The number of anilines is 3. The molecule has 8 aromatic carbocycles. The number of fused-ring (bicyclic) bond motifs is 11. The van der Waals surface area contributed by atoms with E-state index in [0.717, 1.165) is 22.7 Å². The molecule has 2 nitrogen and oxygen atoms in total. The molecule has 61 heavy (non-hydrogen) atoms. The molecule has 8 aromatic rings. The number of nitrogens with zero attached hydrogens (tertiary/aromatic N) is 1. The Morgan fingerprint density at radius 3 is 1.51 bits per heavy atom. The normalized spacial score (nSPS) is 14.0. The maximum absolute atomic E-state index is 6.84. The highest BCUT2D eigenvalue weighted by Crippen LogP contribution is 2.42. The van der Waals surface area contributed by atoms with E-state index in [1.54, 1.807) is 0 Å². The van der Waals surface area contributed by atoms with Gasteiger partial charge in [-0.05, 0) is 125 Å². The van der Waals surface area contributed by atoms with Gasteiger partial charge in [-0.2, -0.15) is 0 Å². The van der Waals surface area contributed by atoms with Crippen LogP contribution in [0.5, 0.6) is 11.5 Å². The number of hydrogen-bond acceptors (Lipinski definition) is 2. The summed E-state index contributed by atoms with van der Waals surface area (Å²) in [6.45, 7) is 14.1. The Morgan fingerprint density at radius 1 is 0.443 bits per heavy atom. The van der Waals surface area contributed by atoms with E-state index >= 15 is 0 Å². The van der Waals surface area contributed by atoms with Crippen molar-refractivity contribution in [1.82, 2.24) is 0 Å². The molecule has 0 saturated carbocycles. The van der Waals surface area contributed by atoms with Crippen molar-refractivity contribution < 1.29 is 4.74 Å². The molecule has 0 saturated heterocycles. The Bertz CT molecular complexity index is 2890. The molecule has 0 bridgehead atoms. The average molecular weight is 804 g/mol. The molecule has 3 aliphatic heterocycles. The fourth-order valence-corrected chi connectivity index (χ4v) is 16.5. The number of para-hydroxylation sites is 3. The van der Waals surface area contributed by atoms with E-state index in [4.69, 9.17) is 4.74 Å². The van der Waals surface area contributed by atoms with Gasteiger partial charge in [-0.15, -0.1) is 0 Å². The van der Waals surface area contributed by atoms with E-state index < -0.39 is 8.07 Å². The van der Waals surface area contributed by atoms with Gasteiger partial charge in [-0.3, -0.25) is 0 Å². The Morgan fingerprint density at radius 2 is 0.934 bits per heavy atom. The van der Waals surface area contributed by atoms with Crippen LogP contribution in [-0.4, -0.2) is 14.8 Å². The molecule has 3 heterocycles. The summed E-state index contributed by atoms with van der Waals surface area (Å²) < 4.78 is 6.84. The second kappa shape index (κ2) is 14.4. The number of rotatable bonds is 6. The third-order valence-electron chi connectivity index (χ3n) is 13.7. The van der Waals surface area contributed by atoms with Gasteiger partial charge < -0.3 is 9.64 Å². The zero-order valence-electron chi connectivity index (χ0n) is 35.9. The standard InChI is InChI=1S/C57H50BNOSi/c1-36(2)41-33-45(37(3)4)57(46(34-41)38(5)6)58-47-19-9-12-22-51(47)60-52-35-40(29-32-48(52)58)39-27-30-42(31-28-39)59-49-20-10-15-25-55(49)61(56-26-16-11-21-50(56)59)53-23-13-7-17-43(53)44-18-8-14-24-54(44)61/h7-38H,1-6H3. The molecular formula is C57H50BNOSi. The molecule has 296 valence electrons. The first-order valence-electron chi connectivity index (χ1n) is 22.1. The minimum Gasteiger partial charge on any atom is -0.458 e. The monoisotopic (exact) mass is 803 g/mol. The molecule has 1 spiro atoms. The molecule has 0 atom stereocenters. The summed E-state index contributed by atoms with van der Waals surface area (Å²) in [6, 6.07) is 66.4. The predicted molar refractivity (Wildman–Crippen MR) is 263 cm³/mol. The van der Waals surface area contributed by atoms with Gasteiger partial charge in [0.1, 0.15) is 11.5 Å². The molecule has 0 fully saturated rings. The largest absolute Gasteiger partial charge is 0.458 e. The van der Waals surface area contributed by atoms with Crippen molar-refractivity contribution in [2.75, 3.05) is 4.90 Å². The second-order valence-corrected chi connectivity index (χ2v) is 21.8. The first-order valence-corrected chi connectivity index (χ1v) is 24.1. The molecule has 0 aromatic heterocycles. The summed E-state index contributed by atoms with van der Waals surface area (Å²) >= 11 is 0. The number of ether oxygens (including phenoxy) is 1. The van der Waals surface area contributed by atoms with Crippen molar-refractivity contribution >= 4 is 69.0 Å². The lowest BCUT2D eigenvalue weighted by Gasteiger charge is -2.43. The van der Waals surface area contributed by atoms with Crippen molar-refractivity contribution in [2.45, 2.75) is 59.3 Å². The van der Waals surface area contributed by atoms with Gasteiger partial charge in [0.15, 0.2) is 8.07 Å². The van der Waals surface area contributed by atoms with Gasteiger partial charge in [0.25, 0.3) is 6.71 Å². The van der Waals surface area contributed by atoms with Crippen LogP contribution in [0.3, 0.4) is 0 Å². The van der Waals surface area contributed by atoms with Crippen LogP contribution in [0.4, 0.5) is 17.1 Å². The fourth-order valence-electron chi connectivity index (χ4n) is 10.9. The molecule has 11 rings (SSSR count). The molecule has 0 amide bonds. The van der Waals surface area contributed by atoms with Crippen LogP contribution in [-0.2, 0) is 0 Å². The van der Waals surface area contributed by atoms with Crippen LogP contribution in [0.25, 0.3) is 22.3 Å². The van der Waals surface area contributed by atoms with Crippen LogP contribution in [0.1, 0.15) is 76.0 Å². The van der Waals surface area contributed by atoms with Gasteiger partial charge in [-0.1, -0.05) is 187 Å². The summed E-state index contributed by atoms with van der Waals surface area (Å²) in [5.74, 6) is 3.13. The van der Waals surface area contributed by atoms with Crippen LogP contribution in [0.2, 0.25) is 0 Å². The highest BCUT2D eigenvalue weighted by Gasteiger charge is 2.53. The van der Waals surface area contributed by atoms with E-state index in [1.165, 1.54) is 81.9 Å². The molecule has 0 aliphatic carbocycles. The van der Waals surface area contributed by atoms with Crippen molar-refractivity contribution in [3.05, 3.63) is 193 Å². The van der Waals surface area contributed by atoms with E-state index in [1.807, 2.05) is 0 Å². The van der Waals surface area contributed by atoms with Crippen molar-refractivity contribution in [2.24, 2.45) is 0 Å². The van der Waals surface area contributed by atoms with Crippen LogP contribution >= 0.6 is 0 Å². The molecule has 0 unspecified atom stereocenters. The second-order valence-electron chi connectivity index (χ2n) is 18.2. The fraction of sp³-hybridized carbons (Fsp3) is 0.158. The van der Waals surface area contributed by atoms with E-state index in [9.17, 15) is 0 Å². The zero-order chi connectivity index (χ0) is 41.6. The average Bonchev–Trinajstić information content (AvgIpc) is 3.58. The lowest BCUT2D eigenvalue weighted by atomic mass is 9.34. The summed E-state index contributed by atoms with van der Waals surface area (Å²) in [5.41, 5.74) is 17.0. The molecule has 0 N–H and O–H groups in total. The van der Waals surface area contributed by atoms with E-state index in [-0.39, 0.29) is 6.71 Å². The molecule has 4 heteroatoms.